The largest absolute Gasteiger partial charge is 0.198 e. The minimum atomic E-state index is -0.108. The van der Waals surface area contributed by atoms with E-state index in [0.29, 0.717) is 17.8 Å². The maximum absolute atomic E-state index is 9.81. The van der Waals surface area contributed by atoms with E-state index >= 15 is 0 Å². The first-order valence-electron chi connectivity index (χ1n) is 9.10. The van der Waals surface area contributed by atoms with Gasteiger partial charge in [-0.3, -0.25) is 0 Å². The molecule has 2 saturated carbocycles. The lowest BCUT2D eigenvalue weighted by Crippen LogP contribution is -2.52. The van der Waals surface area contributed by atoms with E-state index in [9.17, 15) is 5.26 Å². The van der Waals surface area contributed by atoms with E-state index in [1.54, 1.807) is 5.57 Å². The van der Waals surface area contributed by atoms with Crippen molar-refractivity contribution in [2.24, 2.45) is 40.9 Å². The van der Waals surface area contributed by atoms with E-state index in [4.69, 9.17) is 0 Å². The zero-order valence-corrected chi connectivity index (χ0v) is 14.9. The Hall–Kier alpha value is -1.03. The van der Waals surface area contributed by atoms with Gasteiger partial charge in [-0.25, -0.2) is 0 Å². The second kappa shape index (κ2) is 5.55. The molecule has 120 valence electrons. The Kier molecular flexibility index (Phi) is 4.00. The molecule has 0 aromatic carbocycles. The zero-order valence-electron chi connectivity index (χ0n) is 14.9. The van der Waals surface area contributed by atoms with Gasteiger partial charge in [0.25, 0.3) is 0 Å². The normalized spacial score (nSPS) is 47.0. The van der Waals surface area contributed by atoms with Gasteiger partial charge in [0.05, 0.1) is 11.5 Å². The van der Waals surface area contributed by atoms with Crippen LogP contribution in [0.2, 0.25) is 0 Å². The predicted molar refractivity (Wildman–Crippen MR) is 92.0 cm³/mol. The average molecular weight is 297 g/mol. The molecule has 0 spiro atoms. The van der Waals surface area contributed by atoms with Crippen LogP contribution in [0.5, 0.6) is 0 Å². The first-order chi connectivity index (χ1) is 10.4. The van der Waals surface area contributed by atoms with Gasteiger partial charge >= 0.3 is 0 Å². The van der Waals surface area contributed by atoms with Crippen molar-refractivity contribution in [2.45, 2.75) is 60.3 Å². The quantitative estimate of drug-likeness (QED) is 0.565. The van der Waals surface area contributed by atoms with Crippen LogP contribution >= 0.6 is 0 Å². The fourth-order valence-corrected chi connectivity index (χ4v) is 6.03. The Labute approximate surface area is 136 Å². The van der Waals surface area contributed by atoms with Gasteiger partial charge in [-0.1, -0.05) is 30.2 Å². The Morgan fingerprint density at radius 3 is 2.77 bits per heavy atom. The highest BCUT2D eigenvalue weighted by Crippen LogP contribution is 2.61. The number of allylic oxidation sites excluding steroid dienone is 4. The second-order valence-electron chi connectivity index (χ2n) is 8.75. The highest BCUT2D eigenvalue weighted by Gasteiger charge is 2.55. The molecule has 1 heteroatoms. The molecule has 0 N–H and O–H groups in total. The average Bonchev–Trinajstić information content (AvgIpc) is 2.45. The lowest BCUT2D eigenvalue weighted by Gasteiger charge is -2.58. The van der Waals surface area contributed by atoms with Crippen molar-refractivity contribution in [1.82, 2.24) is 0 Å². The molecule has 7 atom stereocenters. The van der Waals surface area contributed by atoms with Gasteiger partial charge in [0, 0.05) is 0 Å². The van der Waals surface area contributed by atoms with Gasteiger partial charge in [0.15, 0.2) is 0 Å². The summed E-state index contributed by atoms with van der Waals surface area (Å²) < 4.78 is 0. The predicted octanol–water partition coefficient (Wildman–Crippen LogP) is 5.75. The molecule has 3 aliphatic rings. The fourth-order valence-electron chi connectivity index (χ4n) is 6.03. The fraction of sp³-hybridized carbons (Fsp3) is 0.762. The molecule has 0 aromatic heterocycles. The van der Waals surface area contributed by atoms with Crippen molar-refractivity contribution in [3.05, 3.63) is 23.3 Å². The van der Waals surface area contributed by atoms with Gasteiger partial charge < -0.3 is 0 Å². The van der Waals surface area contributed by atoms with Gasteiger partial charge in [-0.15, -0.1) is 0 Å². The topological polar surface area (TPSA) is 23.8 Å². The molecule has 0 bridgehead atoms. The maximum atomic E-state index is 9.81. The third kappa shape index (κ3) is 2.36. The van der Waals surface area contributed by atoms with Crippen molar-refractivity contribution >= 4 is 0 Å². The van der Waals surface area contributed by atoms with E-state index in [-0.39, 0.29) is 5.41 Å². The first kappa shape index (κ1) is 15.9. The maximum Gasteiger partial charge on any atom is 0.0689 e. The van der Waals surface area contributed by atoms with Crippen LogP contribution in [0.1, 0.15) is 60.3 Å². The van der Waals surface area contributed by atoms with Crippen LogP contribution in [0, 0.1) is 52.3 Å². The van der Waals surface area contributed by atoms with Crippen molar-refractivity contribution in [1.29, 1.82) is 5.26 Å². The van der Waals surface area contributed by atoms with Crippen LogP contribution in [-0.2, 0) is 0 Å². The van der Waals surface area contributed by atoms with E-state index in [1.807, 2.05) is 0 Å². The molecule has 0 saturated heterocycles. The van der Waals surface area contributed by atoms with E-state index < -0.39 is 0 Å². The number of hydrogen-bond acceptors (Lipinski definition) is 1. The van der Waals surface area contributed by atoms with E-state index in [2.05, 4.69) is 52.8 Å². The molecule has 2 fully saturated rings. The molecule has 0 heterocycles. The molecule has 3 rings (SSSR count). The standard InChI is InChI=1S/C21H31N/c1-13(2)10-16-11-15(4)17-8-9-21(5,12-22)18-7-6-14(3)19(16)20(17)18/h6,10,15-20H,7-9,11H2,1-5H3/t15-,16-,17+,18-,19-,20+,21+/m0/s1. The summed E-state index contributed by atoms with van der Waals surface area (Å²) in [4.78, 5) is 0. The second-order valence-corrected chi connectivity index (χ2v) is 8.75. The van der Waals surface area contributed by atoms with Gasteiger partial charge in [0.1, 0.15) is 0 Å². The Morgan fingerprint density at radius 1 is 1.41 bits per heavy atom. The Morgan fingerprint density at radius 2 is 2.14 bits per heavy atom. The summed E-state index contributed by atoms with van der Waals surface area (Å²) in [6, 6.07) is 2.71. The van der Waals surface area contributed by atoms with Crippen LogP contribution < -0.4 is 0 Å². The van der Waals surface area contributed by atoms with Crippen molar-refractivity contribution in [2.75, 3.05) is 0 Å². The summed E-state index contributed by atoms with van der Waals surface area (Å²) >= 11 is 0. The van der Waals surface area contributed by atoms with Crippen molar-refractivity contribution in [3.8, 4) is 6.07 Å². The molecule has 1 nitrogen and oxygen atoms in total. The SMILES string of the molecule is CC(C)=C[C@H]1C[C@H](C)[C@H]2CC[C@](C)(C#N)[C@H]3CC=C(C)[C@@H]1[C@H]23. The smallest absolute Gasteiger partial charge is 0.0689 e. The monoisotopic (exact) mass is 297 g/mol. The van der Waals surface area contributed by atoms with Crippen LogP contribution in [-0.4, -0.2) is 0 Å². The molecule has 0 amide bonds. The number of nitriles is 1. The summed E-state index contributed by atoms with van der Waals surface area (Å²) in [6.07, 6.45) is 9.81. The highest BCUT2D eigenvalue weighted by molar-refractivity contribution is 5.23. The molecule has 3 aliphatic carbocycles. The molecule has 0 unspecified atom stereocenters. The van der Waals surface area contributed by atoms with E-state index in [0.717, 1.165) is 30.6 Å². The third-order valence-corrected chi connectivity index (χ3v) is 7.05. The molecule has 22 heavy (non-hydrogen) atoms. The summed E-state index contributed by atoms with van der Waals surface area (Å²) in [5, 5.41) is 9.81. The van der Waals surface area contributed by atoms with Gasteiger partial charge in [-0.2, -0.15) is 5.26 Å². The first-order valence-corrected chi connectivity index (χ1v) is 9.10. The highest BCUT2D eigenvalue weighted by atomic mass is 14.6. The third-order valence-electron chi connectivity index (χ3n) is 7.05. The number of hydrogen-bond donors (Lipinski definition) is 0. The van der Waals surface area contributed by atoms with Crippen molar-refractivity contribution < 1.29 is 0 Å². The lowest BCUT2D eigenvalue weighted by molar-refractivity contribution is -0.0489. The molecular formula is C21H31N. The Balaban J connectivity index is 2.05. The number of nitrogens with zero attached hydrogens (tertiary/aromatic N) is 1. The minimum absolute atomic E-state index is 0.108. The summed E-state index contributed by atoms with van der Waals surface area (Å²) in [5.41, 5.74) is 2.94. The molecule has 0 radical (unpaired) electrons. The summed E-state index contributed by atoms with van der Waals surface area (Å²) in [6.45, 7) is 11.5. The minimum Gasteiger partial charge on any atom is -0.198 e. The molecule has 0 aliphatic heterocycles. The van der Waals surface area contributed by atoms with Gasteiger partial charge in [-0.05, 0) is 88.9 Å². The summed E-state index contributed by atoms with van der Waals surface area (Å²) in [5.74, 6) is 4.30. The van der Waals surface area contributed by atoms with Crippen molar-refractivity contribution in [3.63, 3.8) is 0 Å². The Bertz CT molecular complexity index is 545. The molecular weight excluding hydrogens is 266 g/mol. The van der Waals surface area contributed by atoms with Crippen LogP contribution in [0.4, 0.5) is 0 Å². The zero-order chi connectivity index (χ0) is 16.1. The van der Waals surface area contributed by atoms with E-state index in [1.165, 1.54) is 18.4 Å². The summed E-state index contributed by atoms with van der Waals surface area (Å²) in [7, 11) is 0. The van der Waals surface area contributed by atoms with Crippen LogP contribution in [0.15, 0.2) is 23.3 Å². The molecule has 0 aromatic rings. The van der Waals surface area contributed by atoms with Crippen LogP contribution in [0.25, 0.3) is 0 Å². The number of rotatable bonds is 1. The van der Waals surface area contributed by atoms with Crippen LogP contribution in [0.3, 0.4) is 0 Å². The van der Waals surface area contributed by atoms with Gasteiger partial charge in [0.2, 0.25) is 0 Å². The lowest BCUT2D eigenvalue weighted by atomic mass is 9.46.